The highest BCUT2D eigenvalue weighted by atomic mass is 35.5. The number of hydrogen-bond acceptors (Lipinski definition) is 4. The van der Waals surface area contributed by atoms with Crippen molar-refractivity contribution in [3.8, 4) is 0 Å². The molecule has 1 unspecified atom stereocenters. The minimum atomic E-state index is -1.17. The van der Waals surface area contributed by atoms with Gasteiger partial charge in [0.05, 0.1) is 30.1 Å². The quantitative estimate of drug-likeness (QED) is 0.801. The summed E-state index contributed by atoms with van der Waals surface area (Å²) in [6.07, 6.45) is 1.52. The van der Waals surface area contributed by atoms with Gasteiger partial charge < -0.3 is 15.6 Å². The Bertz CT molecular complexity index is 368. The summed E-state index contributed by atoms with van der Waals surface area (Å²) in [4.78, 5) is 0. The SMILES string of the molecule is COCCn1ncc(Cl)c1C(O)(CN)C(C)C. The van der Waals surface area contributed by atoms with Crippen molar-refractivity contribution < 1.29 is 9.84 Å². The van der Waals surface area contributed by atoms with Crippen molar-refractivity contribution in [3.05, 3.63) is 16.9 Å². The molecule has 0 saturated heterocycles. The van der Waals surface area contributed by atoms with Gasteiger partial charge in [-0.05, 0) is 5.92 Å². The predicted octanol–water partition coefficient (Wildman–Crippen LogP) is 0.985. The number of aliphatic hydroxyl groups is 1. The van der Waals surface area contributed by atoms with Crippen LogP contribution in [0.2, 0.25) is 5.02 Å². The summed E-state index contributed by atoms with van der Waals surface area (Å²) in [5.74, 6) is -0.0528. The van der Waals surface area contributed by atoms with Gasteiger partial charge in [0.15, 0.2) is 0 Å². The van der Waals surface area contributed by atoms with Crippen molar-refractivity contribution >= 4 is 11.6 Å². The van der Waals surface area contributed by atoms with Crippen LogP contribution in [0.4, 0.5) is 0 Å². The zero-order valence-electron chi connectivity index (χ0n) is 10.5. The van der Waals surface area contributed by atoms with Crippen molar-refractivity contribution in [1.29, 1.82) is 0 Å². The fourth-order valence-corrected chi connectivity index (χ4v) is 2.05. The summed E-state index contributed by atoms with van der Waals surface area (Å²) in [7, 11) is 1.61. The Morgan fingerprint density at radius 1 is 1.65 bits per heavy atom. The third-order valence-electron chi connectivity index (χ3n) is 2.98. The molecule has 0 spiro atoms. The van der Waals surface area contributed by atoms with Gasteiger partial charge in [-0.15, -0.1) is 0 Å². The van der Waals surface area contributed by atoms with E-state index >= 15 is 0 Å². The van der Waals surface area contributed by atoms with Crippen molar-refractivity contribution in [2.45, 2.75) is 26.0 Å². The molecule has 0 saturated carbocycles. The number of rotatable bonds is 6. The third kappa shape index (κ3) is 2.80. The monoisotopic (exact) mass is 261 g/mol. The van der Waals surface area contributed by atoms with E-state index in [-0.39, 0.29) is 12.5 Å². The lowest BCUT2D eigenvalue weighted by atomic mass is 9.87. The van der Waals surface area contributed by atoms with E-state index in [1.54, 1.807) is 11.8 Å². The fraction of sp³-hybridized carbons (Fsp3) is 0.727. The maximum Gasteiger partial charge on any atom is 0.122 e. The Morgan fingerprint density at radius 3 is 2.76 bits per heavy atom. The Hall–Kier alpha value is -0.620. The predicted molar refractivity (Wildman–Crippen MR) is 66.9 cm³/mol. The van der Waals surface area contributed by atoms with E-state index in [0.717, 1.165) is 0 Å². The summed E-state index contributed by atoms with van der Waals surface area (Å²) in [6, 6.07) is 0. The second-order valence-corrected chi connectivity index (χ2v) is 4.75. The van der Waals surface area contributed by atoms with E-state index in [1.165, 1.54) is 6.20 Å². The topological polar surface area (TPSA) is 73.3 Å². The Balaban J connectivity index is 3.13. The molecule has 0 aromatic carbocycles. The number of nitrogens with two attached hydrogens (primary N) is 1. The third-order valence-corrected chi connectivity index (χ3v) is 3.25. The van der Waals surface area contributed by atoms with Gasteiger partial charge in [0.1, 0.15) is 5.60 Å². The summed E-state index contributed by atoms with van der Waals surface area (Å²) in [5, 5.41) is 15.2. The minimum absolute atomic E-state index is 0.0528. The van der Waals surface area contributed by atoms with Crippen LogP contribution in [-0.4, -0.2) is 35.1 Å². The Labute approximate surface area is 107 Å². The number of hydrogen-bond donors (Lipinski definition) is 2. The highest BCUT2D eigenvalue weighted by molar-refractivity contribution is 6.31. The van der Waals surface area contributed by atoms with Gasteiger partial charge in [-0.2, -0.15) is 5.10 Å². The molecule has 1 aromatic rings. The zero-order valence-corrected chi connectivity index (χ0v) is 11.2. The Kier molecular flexibility index (Phi) is 4.94. The molecule has 98 valence electrons. The Morgan fingerprint density at radius 2 is 2.29 bits per heavy atom. The lowest BCUT2D eigenvalue weighted by molar-refractivity contribution is -0.0102. The van der Waals surface area contributed by atoms with Gasteiger partial charge in [0.25, 0.3) is 0 Å². The van der Waals surface area contributed by atoms with E-state index in [0.29, 0.717) is 23.9 Å². The molecule has 0 aliphatic carbocycles. The van der Waals surface area contributed by atoms with E-state index in [9.17, 15) is 5.11 Å². The van der Waals surface area contributed by atoms with Crippen LogP contribution >= 0.6 is 11.6 Å². The molecule has 1 atom stereocenters. The molecule has 0 radical (unpaired) electrons. The van der Waals surface area contributed by atoms with Gasteiger partial charge in [-0.3, -0.25) is 4.68 Å². The second-order valence-electron chi connectivity index (χ2n) is 4.34. The smallest absolute Gasteiger partial charge is 0.122 e. The number of halogens is 1. The summed E-state index contributed by atoms with van der Waals surface area (Å²) >= 11 is 6.09. The van der Waals surface area contributed by atoms with Crippen molar-refractivity contribution in [2.24, 2.45) is 11.7 Å². The lowest BCUT2D eigenvalue weighted by Crippen LogP contribution is -2.42. The van der Waals surface area contributed by atoms with Crippen LogP contribution in [0.3, 0.4) is 0 Å². The molecule has 0 amide bonds. The van der Waals surface area contributed by atoms with Gasteiger partial charge in [-0.1, -0.05) is 25.4 Å². The van der Waals surface area contributed by atoms with Gasteiger partial charge in [-0.25, -0.2) is 0 Å². The molecular formula is C11H20ClN3O2. The fourth-order valence-electron chi connectivity index (χ4n) is 1.75. The van der Waals surface area contributed by atoms with Crippen LogP contribution < -0.4 is 5.73 Å². The van der Waals surface area contributed by atoms with Crippen molar-refractivity contribution in [2.75, 3.05) is 20.3 Å². The van der Waals surface area contributed by atoms with E-state index in [1.807, 2.05) is 13.8 Å². The molecular weight excluding hydrogens is 242 g/mol. The average Bonchev–Trinajstić information content (AvgIpc) is 2.67. The van der Waals surface area contributed by atoms with Crippen molar-refractivity contribution in [3.63, 3.8) is 0 Å². The maximum atomic E-state index is 10.6. The number of ether oxygens (including phenoxy) is 1. The van der Waals surface area contributed by atoms with Crippen LogP contribution in [0.5, 0.6) is 0 Å². The normalized spacial score (nSPS) is 15.2. The standard InChI is InChI=1S/C11H20ClN3O2/c1-8(2)11(16,7-13)10-9(12)6-14-15(10)4-5-17-3/h6,8,16H,4-5,7,13H2,1-3H3. The number of methoxy groups -OCH3 is 1. The van der Waals surface area contributed by atoms with Crippen molar-refractivity contribution in [1.82, 2.24) is 9.78 Å². The number of aromatic nitrogens is 2. The summed E-state index contributed by atoms with van der Waals surface area (Å²) < 4.78 is 6.65. The number of nitrogens with zero attached hydrogens (tertiary/aromatic N) is 2. The van der Waals surface area contributed by atoms with Crippen LogP contribution in [0, 0.1) is 5.92 Å². The molecule has 0 aliphatic rings. The zero-order chi connectivity index (χ0) is 13.1. The molecule has 1 rings (SSSR count). The lowest BCUT2D eigenvalue weighted by Gasteiger charge is -2.31. The molecule has 0 fully saturated rings. The molecule has 5 nitrogen and oxygen atoms in total. The molecule has 6 heteroatoms. The second kappa shape index (κ2) is 5.82. The molecule has 0 aliphatic heterocycles. The van der Waals surface area contributed by atoms with Crippen LogP contribution in [0.15, 0.2) is 6.20 Å². The highest BCUT2D eigenvalue weighted by Gasteiger charge is 2.37. The molecule has 17 heavy (non-hydrogen) atoms. The van der Waals surface area contributed by atoms with Crippen LogP contribution in [0.1, 0.15) is 19.5 Å². The van der Waals surface area contributed by atoms with E-state index < -0.39 is 5.60 Å². The maximum absolute atomic E-state index is 10.6. The van der Waals surface area contributed by atoms with E-state index in [4.69, 9.17) is 22.1 Å². The first-order chi connectivity index (χ1) is 7.97. The summed E-state index contributed by atoms with van der Waals surface area (Å²) in [5.41, 5.74) is 5.08. The molecule has 1 heterocycles. The van der Waals surface area contributed by atoms with Crippen LogP contribution in [0.25, 0.3) is 0 Å². The molecule has 1 aromatic heterocycles. The largest absolute Gasteiger partial charge is 0.383 e. The first-order valence-electron chi connectivity index (χ1n) is 5.60. The average molecular weight is 262 g/mol. The first kappa shape index (κ1) is 14.4. The minimum Gasteiger partial charge on any atom is -0.383 e. The van der Waals surface area contributed by atoms with Gasteiger partial charge in [0.2, 0.25) is 0 Å². The van der Waals surface area contributed by atoms with E-state index in [2.05, 4.69) is 5.10 Å². The van der Waals surface area contributed by atoms with Crippen LogP contribution in [-0.2, 0) is 16.9 Å². The van der Waals surface area contributed by atoms with Gasteiger partial charge in [0, 0.05) is 13.7 Å². The molecule has 3 N–H and O–H groups in total. The van der Waals surface area contributed by atoms with Gasteiger partial charge >= 0.3 is 0 Å². The highest BCUT2D eigenvalue weighted by Crippen LogP contribution is 2.33. The summed E-state index contributed by atoms with van der Waals surface area (Å²) in [6.45, 7) is 4.94. The molecule has 0 bridgehead atoms. The first-order valence-corrected chi connectivity index (χ1v) is 5.98.